The number of hydrogen-bond donors (Lipinski definition) is 1. The van der Waals surface area contributed by atoms with Crippen LogP contribution in [0.1, 0.15) is 32.1 Å². The largest absolute Gasteiger partial charge is 0.393 e. The highest BCUT2D eigenvalue weighted by atomic mass is 16.3. The molecule has 0 aromatic carbocycles. The Balaban J connectivity index is 2.02. The third-order valence-electron chi connectivity index (χ3n) is 3.09. The molecule has 0 unspecified atom stereocenters. The Hall–Kier alpha value is -0.370. The van der Waals surface area contributed by atoms with Crippen molar-refractivity contribution in [3.63, 3.8) is 0 Å². The van der Waals surface area contributed by atoms with Gasteiger partial charge in [0.25, 0.3) is 0 Å². The van der Waals surface area contributed by atoms with Gasteiger partial charge in [0.05, 0.1) is 6.10 Å². The first-order chi connectivity index (χ1) is 5.25. The summed E-state index contributed by atoms with van der Waals surface area (Å²) in [5, 5.41) is 9.33. The Bertz CT molecular complexity index is 176. The predicted octanol–water partition coefficient (Wildman–Crippen LogP) is 1.13. The molecular formula is C9H14O2. The molecule has 0 bridgehead atoms. The molecule has 2 aliphatic rings. The highest BCUT2D eigenvalue weighted by molar-refractivity contribution is 5.81. The number of fused-ring (bicyclic) bond motifs is 1. The number of aliphatic hydroxyl groups excluding tert-OH is 1. The maximum absolute atomic E-state index is 11.0. The number of aliphatic hydroxyl groups is 1. The molecule has 2 saturated carbocycles. The van der Waals surface area contributed by atoms with Gasteiger partial charge in [0.1, 0.15) is 5.78 Å². The first-order valence-electron chi connectivity index (χ1n) is 4.45. The SMILES string of the molecule is O=C1C[C@@H]2C[C@H](O)CC[C@H]2C1. The van der Waals surface area contributed by atoms with E-state index >= 15 is 0 Å². The lowest BCUT2D eigenvalue weighted by Gasteiger charge is -2.27. The topological polar surface area (TPSA) is 37.3 Å². The predicted molar refractivity (Wildman–Crippen MR) is 41.1 cm³/mol. The minimum absolute atomic E-state index is 0.123. The van der Waals surface area contributed by atoms with Crippen molar-refractivity contribution in [1.82, 2.24) is 0 Å². The summed E-state index contributed by atoms with van der Waals surface area (Å²) in [4.78, 5) is 11.0. The Labute approximate surface area is 66.6 Å². The van der Waals surface area contributed by atoms with Crippen molar-refractivity contribution >= 4 is 5.78 Å². The second kappa shape index (κ2) is 2.59. The van der Waals surface area contributed by atoms with E-state index in [9.17, 15) is 9.90 Å². The van der Waals surface area contributed by atoms with Crippen LogP contribution in [-0.4, -0.2) is 17.0 Å². The van der Waals surface area contributed by atoms with Gasteiger partial charge in [-0.15, -0.1) is 0 Å². The molecule has 0 radical (unpaired) electrons. The standard InChI is InChI=1S/C9H14O2/c10-8-2-1-6-3-9(11)5-7(6)4-8/h6-8,10H,1-5H2/t6-,7-,8+/m0/s1. The van der Waals surface area contributed by atoms with Gasteiger partial charge >= 0.3 is 0 Å². The number of carbonyl (C=O) groups is 1. The van der Waals surface area contributed by atoms with Crippen molar-refractivity contribution in [3.05, 3.63) is 0 Å². The Kier molecular flexibility index (Phi) is 1.72. The molecule has 1 N–H and O–H groups in total. The fourth-order valence-electron chi connectivity index (χ4n) is 2.49. The fraction of sp³-hybridized carbons (Fsp3) is 0.889. The van der Waals surface area contributed by atoms with Crippen LogP contribution >= 0.6 is 0 Å². The van der Waals surface area contributed by atoms with Gasteiger partial charge in [-0.1, -0.05) is 0 Å². The first kappa shape index (κ1) is 7.29. The lowest BCUT2D eigenvalue weighted by atomic mass is 9.80. The number of Topliss-reactive ketones (excluding diaryl/α,β-unsaturated/α-hetero) is 1. The van der Waals surface area contributed by atoms with E-state index in [-0.39, 0.29) is 6.10 Å². The lowest BCUT2D eigenvalue weighted by Crippen LogP contribution is -2.23. The molecule has 62 valence electrons. The molecule has 0 saturated heterocycles. The average molecular weight is 154 g/mol. The molecule has 2 rings (SSSR count). The lowest BCUT2D eigenvalue weighted by molar-refractivity contribution is -0.117. The molecule has 2 fully saturated rings. The number of hydrogen-bond acceptors (Lipinski definition) is 2. The second-order valence-corrected chi connectivity index (χ2v) is 3.93. The van der Waals surface area contributed by atoms with Gasteiger partial charge in [0, 0.05) is 12.8 Å². The third-order valence-corrected chi connectivity index (χ3v) is 3.09. The van der Waals surface area contributed by atoms with Crippen molar-refractivity contribution in [2.24, 2.45) is 11.8 Å². The normalized spacial score (nSPS) is 44.1. The maximum atomic E-state index is 11.0. The quantitative estimate of drug-likeness (QED) is 0.568. The molecular weight excluding hydrogens is 140 g/mol. The highest BCUT2D eigenvalue weighted by Crippen LogP contribution is 2.40. The van der Waals surface area contributed by atoms with Gasteiger partial charge in [-0.3, -0.25) is 4.79 Å². The number of carbonyl (C=O) groups excluding carboxylic acids is 1. The molecule has 0 aromatic heterocycles. The summed E-state index contributed by atoms with van der Waals surface area (Å²) in [5.41, 5.74) is 0. The molecule has 0 aliphatic heterocycles. The minimum Gasteiger partial charge on any atom is -0.393 e. The molecule has 0 aromatic rings. The summed E-state index contributed by atoms with van der Waals surface area (Å²) >= 11 is 0. The maximum Gasteiger partial charge on any atom is 0.133 e. The van der Waals surface area contributed by atoms with E-state index in [1.165, 1.54) is 0 Å². The Morgan fingerprint density at radius 1 is 1.18 bits per heavy atom. The number of rotatable bonds is 0. The molecule has 2 nitrogen and oxygen atoms in total. The van der Waals surface area contributed by atoms with Crippen LogP contribution in [0.2, 0.25) is 0 Å². The van der Waals surface area contributed by atoms with Crippen LogP contribution in [0, 0.1) is 11.8 Å². The zero-order valence-electron chi connectivity index (χ0n) is 6.62. The van der Waals surface area contributed by atoms with Crippen molar-refractivity contribution in [2.75, 3.05) is 0 Å². The van der Waals surface area contributed by atoms with Crippen LogP contribution in [0.5, 0.6) is 0 Å². The molecule has 11 heavy (non-hydrogen) atoms. The third kappa shape index (κ3) is 1.32. The van der Waals surface area contributed by atoms with Crippen LogP contribution < -0.4 is 0 Å². The summed E-state index contributed by atoms with van der Waals surface area (Å²) in [5.74, 6) is 1.55. The van der Waals surface area contributed by atoms with Gasteiger partial charge in [0.15, 0.2) is 0 Å². The zero-order valence-corrected chi connectivity index (χ0v) is 6.62. The number of ketones is 1. The van der Waals surface area contributed by atoms with Crippen LogP contribution in [0.15, 0.2) is 0 Å². The van der Waals surface area contributed by atoms with Crippen LogP contribution in [0.4, 0.5) is 0 Å². The van der Waals surface area contributed by atoms with E-state index in [0.717, 1.165) is 32.1 Å². The highest BCUT2D eigenvalue weighted by Gasteiger charge is 2.37. The second-order valence-electron chi connectivity index (χ2n) is 3.93. The van der Waals surface area contributed by atoms with E-state index < -0.39 is 0 Å². The van der Waals surface area contributed by atoms with Gasteiger partial charge < -0.3 is 5.11 Å². The molecule has 2 aliphatic carbocycles. The molecule has 0 amide bonds. The summed E-state index contributed by atoms with van der Waals surface area (Å²) < 4.78 is 0. The summed E-state index contributed by atoms with van der Waals surface area (Å²) in [7, 11) is 0. The van der Waals surface area contributed by atoms with Crippen LogP contribution in [0.3, 0.4) is 0 Å². The van der Waals surface area contributed by atoms with Crippen molar-refractivity contribution in [2.45, 2.75) is 38.2 Å². The van der Waals surface area contributed by atoms with Crippen molar-refractivity contribution in [1.29, 1.82) is 0 Å². The average Bonchev–Trinajstić information content (AvgIpc) is 2.27. The van der Waals surface area contributed by atoms with Crippen LogP contribution in [0.25, 0.3) is 0 Å². The van der Waals surface area contributed by atoms with Gasteiger partial charge in [-0.2, -0.15) is 0 Å². The zero-order chi connectivity index (χ0) is 7.84. The molecule has 0 spiro atoms. The minimum atomic E-state index is -0.123. The van der Waals surface area contributed by atoms with Gasteiger partial charge in [-0.25, -0.2) is 0 Å². The van der Waals surface area contributed by atoms with E-state index in [1.807, 2.05) is 0 Å². The summed E-state index contributed by atoms with van der Waals surface area (Å²) in [6, 6.07) is 0. The summed E-state index contributed by atoms with van der Waals surface area (Å²) in [6.45, 7) is 0. The molecule has 3 atom stereocenters. The Morgan fingerprint density at radius 3 is 2.73 bits per heavy atom. The fourth-order valence-corrected chi connectivity index (χ4v) is 2.49. The smallest absolute Gasteiger partial charge is 0.133 e. The molecule has 0 heterocycles. The van der Waals surface area contributed by atoms with Crippen molar-refractivity contribution < 1.29 is 9.90 Å². The van der Waals surface area contributed by atoms with Gasteiger partial charge in [0.2, 0.25) is 0 Å². The molecule has 2 heteroatoms. The van der Waals surface area contributed by atoms with E-state index in [4.69, 9.17) is 0 Å². The van der Waals surface area contributed by atoms with E-state index in [2.05, 4.69) is 0 Å². The summed E-state index contributed by atoms with van der Waals surface area (Å²) in [6.07, 6.45) is 4.25. The first-order valence-corrected chi connectivity index (χ1v) is 4.45. The van der Waals surface area contributed by atoms with Gasteiger partial charge in [-0.05, 0) is 31.1 Å². The monoisotopic (exact) mass is 154 g/mol. The van der Waals surface area contributed by atoms with E-state index in [1.54, 1.807) is 0 Å². The van der Waals surface area contributed by atoms with Crippen LogP contribution in [-0.2, 0) is 4.79 Å². The van der Waals surface area contributed by atoms with Crippen molar-refractivity contribution in [3.8, 4) is 0 Å². The van der Waals surface area contributed by atoms with E-state index in [0.29, 0.717) is 17.6 Å². The Morgan fingerprint density at radius 2 is 1.91 bits per heavy atom.